The highest BCUT2D eigenvalue weighted by molar-refractivity contribution is 7.84. The van der Waals surface area contributed by atoms with Crippen molar-refractivity contribution in [3.05, 3.63) is 121 Å². The number of anilines is 1. The lowest BCUT2D eigenvalue weighted by Gasteiger charge is -2.28. The zero-order valence-electron chi connectivity index (χ0n) is 17.2. The molecule has 0 aliphatic carbocycles. The molecule has 32 heavy (non-hydrogen) atoms. The van der Waals surface area contributed by atoms with Crippen LogP contribution in [0.15, 0.2) is 115 Å². The normalized spacial score (nSPS) is 20.1. The molecule has 0 aromatic heterocycles. The van der Waals surface area contributed by atoms with Crippen LogP contribution in [0.1, 0.15) is 11.3 Å². The van der Waals surface area contributed by atoms with Crippen LogP contribution in [-0.2, 0) is 4.57 Å². The Bertz CT molecular complexity index is 1270. The first-order valence-electron chi connectivity index (χ1n) is 10.3. The van der Waals surface area contributed by atoms with Gasteiger partial charge >= 0.3 is 0 Å². The van der Waals surface area contributed by atoms with Crippen molar-refractivity contribution in [1.29, 1.82) is 0 Å². The maximum Gasteiger partial charge on any atom is 0.232 e. The molecule has 4 aromatic rings. The van der Waals surface area contributed by atoms with Crippen LogP contribution >= 0.6 is 19.5 Å². The van der Waals surface area contributed by atoms with Crippen molar-refractivity contribution in [3.63, 3.8) is 0 Å². The first-order valence-corrected chi connectivity index (χ1v) is 12.4. The highest BCUT2D eigenvalue weighted by Gasteiger charge is 2.50. The molecule has 1 heterocycles. The molecule has 0 unspecified atom stereocenters. The molecule has 0 radical (unpaired) electrons. The van der Waals surface area contributed by atoms with E-state index in [2.05, 4.69) is 5.32 Å². The average molecular weight is 457 g/mol. The van der Waals surface area contributed by atoms with Gasteiger partial charge in [-0.25, -0.2) is 0 Å². The van der Waals surface area contributed by atoms with Gasteiger partial charge in [0, 0.05) is 5.30 Å². The van der Waals surface area contributed by atoms with Gasteiger partial charge in [-0.1, -0.05) is 66.7 Å². The van der Waals surface area contributed by atoms with Gasteiger partial charge in [0.2, 0.25) is 7.29 Å². The highest BCUT2D eigenvalue weighted by Crippen LogP contribution is 2.64. The van der Waals surface area contributed by atoms with Crippen molar-refractivity contribution in [2.75, 3.05) is 4.67 Å². The van der Waals surface area contributed by atoms with E-state index in [4.69, 9.17) is 17.0 Å². The fourth-order valence-electron chi connectivity index (χ4n) is 3.91. The van der Waals surface area contributed by atoms with Gasteiger partial charge in [0.05, 0.1) is 5.69 Å². The summed E-state index contributed by atoms with van der Waals surface area (Å²) in [5, 5.41) is 4.54. The van der Waals surface area contributed by atoms with E-state index >= 15 is 0 Å². The number of para-hydroxylation sites is 2. The summed E-state index contributed by atoms with van der Waals surface area (Å²) in [6.07, 6.45) is 0. The smallest absolute Gasteiger partial charge is 0.232 e. The lowest BCUT2D eigenvalue weighted by molar-refractivity contribution is 0.482. The molecular formula is C26H21N2O2PS. The molecule has 4 nitrogen and oxygen atoms in total. The van der Waals surface area contributed by atoms with E-state index in [9.17, 15) is 4.57 Å². The summed E-state index contributed by atoms with van der Waals surface area (Å²) >= 11 is 5.68. The summed E-state index contributed by atoms with van der Waals surface area (Å²) in [5.41, 5.74) is 1.70. The number of nitrogens with one attached hydrogen (secondary N) is 1. The Hall–Kier alpha value is -3.40. The Balaban J connectivity index is 1.54. The van der Waals surface area contributed by atoms with E-state index in [1.54, 1.807) is 4.67 Å². The molecule has 1 N–H and O–H groups in total. The predicted octanol–water partition coefficient (Wildman–Crippen LogP) is 6.48. The second kappa shape index (κ2) is 8.62. The molecule has 1 fully saturated rings. The minimum Gasteiger partial charge on any atom is -0.457 e. The molecule has 6 heteroatoms. The second-order valence-corrected chi connectivity index (χ2v) is 10.5. The first-order chi connectivity index (χ1) is 15.7. The Morgan fingerprint density at radius 2 is 1.25 bits per heavy atom. The minimum atomic E-state index is -3.18. The molecule has 0 bridgehead atoms. The van der Waals surface area contributed by atoms with Crippen LogP contribution < -0.4 is 20.0 Å². The quantitative estimate of drug-likeness (QED) is 0.275. The van der Waals surface area contributed by atoms with E-state index in [-0.39, 0.29) is 0 Å². The van der Waals surface area contributed by atoms with Crippen molar-refractivity contribution >= 4 is 35.6 Å². The zero-order chi connectivity index (χ0) is 22.0. The monoisotopic (exact) mass is 456 g/mol. The Kier molecular flexibility index (Phi) is 5.52. The third-order valence-corrected chi connectivity index (χ3v) is 9.03. The Morgan fingerprint density at radius 1 is 0.719 bits per heavy atom. The van der Waals surface area contributed by atoms with Crippen LogP contribution in [0.25, 0.3) is 0 Å². The van der Waals surface area contributed by atoms with Gasteiger partial charge in [-0.3, -0.25) is 9.24 Å². The molecule has 158 valence electrons. The largest absolute Gasteiger partial charge is 0.457 e. The van der Waals surface area contributed by atoms with Crippen LogP contribution in [0, 0.1) is 0 Å². The van der Waals surface area contributed by atoms with Gasteiger partial charge in [-0.2, -0.15) is 0 Å². The topological polar surface area (TPSA) is 41.6 Å². The molecule has 0 saturated carbocycles. The number of hydrogen-bond donors (Lipinski definition) is 1. The van der Waals surface area contributed by atoms with Crippen LogP contribution in [0.5, 0.6) is 11.5 Å². The zero-order valence-corrected chi connectivity index (χ0v) is 18.9. The summed E-state index contributed by atoms with van der Waals surface area (Å²) in [7, 11) is -3.18. The fourth-order valence-corrected chi connectivity index (χ4v) is 7.62. The van der Waals surface area contributed by atoms with Crippen LogP contribution in [0.4, 0.5) is 5.69 Å². The number of ether oxygens (including phenoxy) is 1. The SMILES string of the molecule is O=[P@@]1(c2ccccc2)[C@@H](c2ccc(Oc3ccccc3)cc2)NC(=S)N1c1ccccc1. The number of benzene rings is 4. The minimum absolute atomic E-state index is 0.456. The molecule has 0 amide bonds. The van der Waals surface area contributed by atoms with Crippen LogP contribution in [0.2, 0.25) is 0 Å². The molecule has 1 aliphatic heterocycles. The third-order valence-electron chi connectivity index (χ3n) is 5.40. The second-order valence-electron chi connectivity index (χ2n) is 7.44. The van der Waals surface area contributed by atoms with Gasteiger partial charge in [0.15, 0.2) is 5.11 Å². The van der Waals surface area contributed by atoms with Crippen molar-refractivity contribution in [2.45, 2.75) is 5.78 Å². The molecule has 1 aliphatic rings. The maximum atomic E-state index is 14.8. The molecule has 5 rings (SSSR count). The molecule has 0 spiro atoms. The van der Waals surface area contributed by atoms with Crippen molar-refractivity contribution in [3.8, 4) is 11.5 Å². The van der Waals surface area contributed by atoms with Gasteiger partial charge in [-0.05, 0) is 66.3 Å². The lowest BCUT2D eigenvalue weighted by Crippen LogP contribution is -2.27. The molecular weight excluding hydrogens is 435 g/mol. The summed E-state index contributed by atoms with van der Waals surface area (Å²) in [6, 6.07) is 36.5. The molecule has 2 atom stereocenters. The van der Waals surface area contributed by atoms with Crippen molar-refractivity contribution in [1.82, 2.24) is 5.32 Å². The van der Waals surface area contributed by atoms with Gasteiger partial charge in [0.25, 0.3) is 0 Å². The third kappa shape index (κ3) is 3.70. The van der Waals surface area contributed by atoms with Crippen molar-refractivity contribution in [2.24, 2.45) is 0 Å². The van der Waals surface area contributed by atoms with E-state index in [0.717, 1.165) is 28.1 Å². The standard InChI is InChI=1S/C26H21N2O2PS/c29-31(24-14-8-3-9-15-24)25(27-26(32)28(31)21-10-4-1-5-11-21)20-16-18-23(19-17-20)30-22-12-6-2-7-13-22/h1-19,25H,(H,27,32)/t25-,31-/m0/s1. The number of thiocarbonyl (C=S) groups is 1. The average Bonchev–Trinajstić information content (AvgIpc) is 3.12. The van der Waals surface area contributed by atoms with Gasteiger partial charge in [0.1, 0.15) is 17.3 Å². The molecule has 4 aromatic carbocycles. The number of rotatable bonds is 5. The summed E-state index contributed by atoms with van der Waals surface area (Å²) in [4.78, 5) is 0. The number of nitrogens with zero attached hydrogens (tertiary/aromatic N) is 1. The van der Waals surface area contributed by atoms with Gasteiger partial charge < -0.3 is 10.1 Å². The van der Waals surface area contributed by atoms with E-state index < -0.39 is 13.1 Å². The van der Waals surface area contributed by atoms with E-state index in [1.807, 2.05) is 115 Å². The Morgan fingerprint density at radius 3 is 1.88 bits per heavy atom. The van der Waals surface area contributed by atoms with E-state index in [0.29, 0.717) is 5.11 Å². The summed E-state index contributed by atoms with van der Waals surface area (Å²) in [6.45, 7) is 0. The maximum absolute atomic E-state index is 14.8. The fraction of sp³-hybridized carbons (Fsp3) is 0.0385. The predicted molar refractivity (Wildman–Crippen MR) is 134 cm³/mol. The Labute approximate surface area is 192 Å². The molecule has 1 saturated heterocycles. The van der Waals surface area contributed by atoms with Crippen LogP contribution in [0.3, 0.4) is 0 Å². The number of hydrogen-bond acceptors (Lipinski definition) is 3. The van der Waals surface area contributed by atoms with E-state index in [1.165, 1.54) is 0 Å². The van der Waals surface area contributed by atoms with Crippen LogP contribution in [-0.4, -0.2) is 5.11 Å². The van der Waals surface area contributed by atoms with Crippen molar-refractivity contribution < 1.29 is 9.30 Å². The first kappa shape index (κ1) is 20.5. The lowest BCUT2D eigenvalue weighted by atomic mass is 10.2. The summed E-state index contributed by atoms with van der Waals surface area (Å²) in [5.74, 6) is 1.02. The highest BCUT2D eigenvalue weighted by atomic mass is 32.1. The summed E-state index contributed by atoms with van der Waals surface area (Å²) < 4.78 is 22.5. The van der Waals surface area contributed by atoms with Gasteiger partial charge in [-0.15, -0.1) is 0 Å².